The van der Waals surface area contributed by atoms with Crippen molar-refractivity contribution >= 4 is 17.7 Å². The van der Waals surface area contributed by atoms with Crippen molar-refractivity contribution in [3.63, 3.8) is 0 Å². The fourth-order valence-electron chi connectivity index (χ4n) is 1.45. The summed E-state index contributed by atoms with van der Waals surface area (Å²) in [4.78, 5) is 11.8. The van der Waals surface area contributed by atoms with Gasteiger partial charge in [0, 0.05) is 11.3 Å². The van der Waals surface area contributed by atoms with Crippen molar-refractivity contribution in [1.82, 2.24) is 0 Å². The van der Waals surface area contributed by atoms with Crippen LogP contribution in [0.5, 0.6) is 0 Å². The molecule has 0 saturated heterocycles. The minimum Gasteiger partial charge on any atom is -0.370 e. The first kappa shape index (κ1) is 12.1. The predicted molar refractivity (Wildman–Crippen MR) is 65.1 cm³/mol. The smallest absolute Gasteiger partial charge is 0.217 e. The van der Waals surface area contributed by atoms with Crippen molar-refractivity contribution < 1.29 is 4.79 Å². The number of amides is 1. The Morgan fingerprint density at radius 3 is 2.40 bits per heavy atom. The summed E-state index contributed by atoms with van der Waals surface area (Å²) in [6.07, 6.45) is 1.34. The van der Waals surface area contributed by atoms with E-state index in [1.54, 1.807) is 11.8 Å². The topological polar surface area (TPSA) is 43.1 Å². The van der Waals surface area contributed by atoms with E-state index in [9.17, 15) is 4.79 Å². The molecular formula is C12H17NOS. The van der Waals surface area contributed by atoms with Crippen LogP contribution in [0, 0.1) is 13.8 Å². The van der Waals surface area contributed by atoms with E-state index in [4.69, 9.17) is 5.73 Å². The maximum Gasteiger partial charge on any atom is 0.217 e. The summed E-state index contributed by atoms with van der Waals surface area (Å²) in [6.45, 7) is 4.20. The molecule has 0 aromatic heterocycles. The molecule has 0 unspecified atom stereocenters. The summed E-state index contributed by atoms with van der Waals surface area (Å²) in [5.41, 5.74) is 7.64. The van der Waals surface area contributed by atoms with E-state index in [-0.39, 0.29) is 5.91 Å². The first-order chi connectivity index (χ1) is 7.08. The van der Waals surface area contributed by atoms with Crippen LogP contribution in [-0.2, 0) is 4.79 Å². The molecule has 2 N–H and O–H groups in total. The third kappa shape index (κ3) is 4.88. The molecule has 0 atom stereocenters. The molecule has 15 heavy (non-hydrogen) atoms. The van der Waals surface area contributed by atoms with Gasteiger partial charge < -0.3 is 5.73 Å². The van der Waals surface area contributed by atoms with Crippen LogP contribution in [0.25, 0.3) is 0 Å². The number of rotatable bonds is 5. The van der Waals surface area contributed by atoms with Crippen molar-refractivity contribution in [3.8, 4) is 0 Å². The van der Waals surface area contributed by atoms with Gasteiger partial charge in [0.15, 0.2) is 0 Å². The van der Waals surface area contributed by atoms with E-state index >= 15 is 0 Å². The molecule has 0 aliphatic carbocycles. The van der Waals surface area contributed by atoms with E-state index in [0.717, 1.165) is 12.2 Å². The monoisotopic (exact) mass is 223 g/mol. The second kappa shape index (κ2) is 5.81. The van der Waals surface area contributed by atoms with Crippen molar-refractivity contribution in [2.75, 3.05) is 5.75 Å². The highest BCUT2D eigenvalue weighted by Gasteiger charge is 1.98. The fourth-order valence-corrected chi connectivity index (χ4v) is 2.52. The quantitative estimate of drug-likeness (QED) is 0.616. The largest absolute Gasteiger partial charge is 0.370 e. The second-order valence-electron chi connectivity index (χ2n) is 3.74. The zero-order chi connectivity index (χ0) is 11.3. The Hall–Kier alpha value is -0.960. The standard InChI is InChI=1S/C12H17NOS/c1-9-6-10(2)8-11(7-9)15-5-3-4-12(13)14/h6-8H,3-5H2,1-2H3,(H2,13,14). The highest BCUT2D eigenvalue weighted by molar-refractivity contribution is 7.99. The van der Waals surface area contributed by atoms with Crippen LogP contribution >= 0.6 is 11.8 Å². The summed E-state index contributed by atoms with van der Waals surface area (Å²) in [5.74, 6) is 0.738. The number of primary amides is 1. The third-order valence-electron chi connectivity index (χ3n) is 2.03. The Bertz CT molecular complexity index is 329. The van der Waals surface area contributed by atoms with Crippen molar-refractivity contribution in [2.24, 2.45) is 5.73 Å². The zero-order valence-corrected chi connectivity index (χ0v) is 10.1. The first-order valence-corrected chi connectivity index (χ1v) is 6.06. The molecule has 1 rings (SSSR count). The third-order valence-corrected chi connectivity index (χ3v) is 3.09. The fraction of sp³-hybridized carbons (Fsp3) is 0.417. The van der Waals surface area contributed by atoms with Gasteiger partial charge in [0.2, 0.25) is 5.91 Å². The van der Waals surface area contributed by atoms with Gasteiger partial charge in [-0.25, -0.2) is 0 Å². The van der Waals surface area contributed by atoms with Gasteiger partial charge in [-0.05, 0) is 49.3 Å². The van der Waals surface area contributed by atoms with E-state index in [1.165, 1.54) is 16.0 Å². The van der Waals surface area contributed by atoms with Crippen LogP contribution in [0.2, 0.25) is 0 Å². The summed E-state index contributed by atoms with van der Waals surface area (Å²) in [5, 5.41) is 0. The van der Waals surface area contributed by atoms with E-state index in [2.05, 4.69) is 32.0 Å². The first-order valence-electron chi connectivity index (χ1n) is 5.07. The van der Waals surface area contributed by atoms with Gasteiger partial charge in [-0.1, -0.05) is 6.07 Å². The van der Waals surface area contributed by atoms with Gasteiger partial charge in [0.25, 0.3) is 0 Å². The molecule has 0 aliphatic heterocycles. The molecule has 0 heterocycles. The Morgan fingerprint density at radius 1 is 1.27 bits per heavy atom. The lowest BCUT2D eigenvalue weighted by Gasteiger charge is -2.04. The van der Waals surface area contributed by atoms with Crippen molar-refractivity contribution in [1.29, 1.82) is 0 Å². The summed E-state index contributed by atoms with van der Waals surface area (Å²) >= 11 is 1.78. The van der Waals surface area contributed by atoms with Gasteiger partial charge in [-0.2, -0.15) is 0 Å². The number of hydrogen-bond acceptors (Lipinski definition) is 2. The number of aryl methyl sites for hydroxylation is 2. The van der Waals surface area contributed by atoms with E-state index < -0.39 is 0 Å². The van der Waals surface area contributed by atoms with Crippen molar-refractivity contribution in [3.05, 3.63) is 29.3 Å². The van der Waals surface area contributed by atoms with Crippen LogP contribution in [0.1, 0.15) is 24.0 Å². The zero-order valence-electron chi connectivity index (χ0n) is 9.25. The summed E-state index contributed by atoms with van der Waals surface area (Å²) in [7, 11) is 0. The molecule has 0 spiro atoms. The molecule has 0 aliphatic rings. The highest BCUT2D eigenvalue weighted by atomic mass is 32.2. The maximum absolute atomic E-state index is 10.5. The average Bonchev–Trinajstić information content (AvgIpc) is 2.10. The minimum absolute atomic E-state index is 0.212. The Morgan fingerprint density at radius 2 is 1.87 bits per heavy atom. The lowest BCUT2D eigenvalue weighted by molar-refractivity contribution is -0.118. The summed E-state index contributed by atoms with van der Waals surface area (Å²) in [6, 6.07) is 6.50. The van der Waals surface area contributed by atoms with Crippen molar-refractivity contribution in [2.45, 2.75) is 31.6 Å². The number of benzene rings is 1. The molecule has 1 aromatic rings. The number of carbonyl (C=O) groups is 1. The summed E-state index contributed by atoms with van der Waals surface area (Å²) < 4.78 is 0. The molecule has 0 saturated carbocycles. The molecule has 2 nitrogen and oxygen atoms in total. The SMILES string of the molecule is Cc1cc(C)cc(SCCCC(N)=O)c1. The van der Waals surface area contributed by atoms with Crippen LogP contribution in [0.3, 0.4) is 0 Å². The van der Waals surface area contributed by atoms with Crippen LogP contribution < -0.4 is 5.73 Å². The van der Waals surface area contributed by atoms with Crippen LogP contribution in [-0.4, -0.2) is 11.7 Å². The Balaban J connectivity index is 2.40. The lowest BCUT2D eigenvalue weighted by Crippen LogP contribution is -2.09. The Labute approximate surface area is 95.2 Å². The number of nitrogens with two attached hydrogens (primary N) is 1. The van der Waals surface area contributed by atoms with Gasteiger partial charge >= 0.3 is 0 Å². The molecular weight excluding hydrogens is 206 g/mol. The molecule has 3 heteroatoms. The Kier molecular flexibility index (Phi) is 4.69. The van der Waals surface area contributed by atoms with E-state index in [1.807, 2.05) is 0 Å². The van der Waals surface area contributed by atoms with Crippen LogP contribution in [0.15, 0.2) is 23.1 Å². The van der Waals surface area contributed by atoms with Gasteiger partial charge in [-0.3, -0.25) is 4.79 Å². The molecule has 82 valence electrons. The van der Waals surface area contributed by atoms with Gasteiger partial charge in [0.1, 0.15) is 0 Å². The van der Waals surface area contributed by atoms with Crippen LogP contribution in [0.4, 0.5) is 0 Å². The number of carbonyl (C=O) groups excluding carboxylic acids is 1. The maximum atomic E-state index is 10.5. The van der Waals surface area contributed by atoms with Gasteiger partial charge in [0.05, 0.1) is 0 Å². The van der Waals surface area contributed by atoms with Gasteiger partial charge in [-0.15, -0.1) is 11.8 Å². The number of thioether (sulfide) groups is 1. The number of hydrogen-bond donors (Lipinski definition) is 1. The molecule has 0 fully saturated rings. The normalized spacial score (nSPS) is 10.3. The molecule has 1 aromatic carbocycles. The molecule has 1 amide bonds. The predicted octanol–water partition coefficient (Wildman–Crippen LogP) is 2.66. The highest BCUT2D eigenvalue weighted by Crippen LogP contribution is 2.21. The molecule has 0 bridgehead atoms. The molecule has 0 radical (unpaired) electrons. The lowest BCUT2D eigenvalue weighted by atomic mass is 10.2. The van der Waals surface area contributed by atoms with E-state index in [0.29, 0.717) is 6.42 Å². The second-order valence-corrected chi connectivity index (χ2v) is 4.91. The minimum atomic E-state index is -0.212. The average molecular weight is 223 g/mol.